The summed E-state index contributed by atoms with van der Waals surface area (Å²) in [6, 6.07) is 14.9. The molecule has 0 aromatic heterocycles. The molecule has 2 aliphatic heterocycles. The van der Waals surface area contributed by atoms with Crippen molar-refractivity contribution in [1.82, 2.24) is 10.6 Å². The number of carbonyl (C=O) groups excluding carboxylic acids is 2. The van der Waals surface area contributed by atoms with Crippen molar-refractivity contribution in [3.05, 3.63) is 70.8 Å². The van der Waals surface area contributed by atoms with Crippen molar-refractivity contribution in [2.75, 3.05) is 13.2 Å². The molecule has 0 saturated heterocycles. The fraction of sp³-hybridized carbons (Fsp3) is 0.357. The van der Waals surface area contributed by atoms with Crippen LogP contribution in [0.5, 0.6) is 11.5 Å². The number of carbonyl (C=O) groups is 2. The van der Waals surface area contributed by atoms with Gasteiger partial charge < -0.3 is 20.1 Å². The molecule has 6 nitrogen and oxygen atoms in total. The van der Waals surface area contributed by atoms with Crippen molar-refractivity contribution in [3.8, 4) is 11.5 Å². The zero-order valence-electron chi connectivity index (χ0n) is 20.2. The van der Waals surface area contributed by atoms with Crippen LogP contribution in [0.25, 0.3) is 11.4 Å². The molecule has 2 aromatic carbocycles. The van der Waals surface area contributed by atoms with Gasteiger partial charge in [0.1, 0.15) is 11.5 Å². The van der Waals surface area contributed by atoms with Gasteiger partial charge in [-0.15, -0.1) is 0 Å². The zero-order chi connectivity index (χ0) is 24.2. The lowest BCUT2D eigenvalue weighted by molar-refractivity contribution is -0.117. The summed E-state index contributed by atoms with van der Waals surface area (Å²) < 4.78 is 11.6. The first kappa shape index (κ1) is 23.6. The van der Waals surface area contributed by atoms with Crippen LogP contribution in [-0.2, 0) is 9.59 Å². The molecule has 0 fully saturated rings. The number of hydrogen-bond acceptors (Lipinski definition) is 4. The number of benzene rings is 2. The molecule has 0 spiro atoms. The van der Waals surface area contributed by atoms with Gasteiger partial charge in [0.05, 0.1) is 35.8 Å². The SMILES string of the molecule is CCC(C)COc1ccc(C2=C3C(=O)NC(c4ccc(OCC(C)CC)cc4)=C3C(=O)N2)cc1. The maximum absolute atomic E-state index is 12.9. The van der Waals surface area contributed by atoms with Crippen LogP contribution in [0, 0.1) is 11.8 Å². The van der Waals surface area contributed by atoms with E-state index in [-0.39, 0.29) is 11.8 Å². The first-order chi connectivity index (χ1) is 16.4. The minimum absolute atomic E-state index is 0.285. The summed E-state index contributed by atoms with van der Waals surface area (Å²) in [7, 11) is 0. The van der Waals surface area contributed by atoms with E-state index in [2.05, 4.69) is 38.3 Å². The summed E-state index contributed by atoms with van der Waals surface area (Å²) in [4.78, 5) is 25.7. The van der Waals surface area contributed by atoms with E-state index in [1.54, 1.807) is 0 Å². The average molecular weight is 461 g/mol. The highest BCUT2D eigenvalue weighted by Crippen LogP contribution is 2.37. The topological polar surface area (TPSA) is 76.7 Å². The van der Waals surface area contributed by atoms with Crippen LogP contribution < -0.4 is 20.1 Å². The normalized spacial score (nSPS) is 16.8. The van der Waals surface area contributed by atoms with Gasteiger partial charge >= 0.3 is 0 Å². The molecule has 0 radical (unpaired) electrons. The Bertz CT molecular complexity index is 1040. The molecule has 2 N–H and O–H groups in total. The largest absolute Gasteiger partial charge is 0.493 e. The van der Waals surface area contributed by atoms with Gasteiger partial charge in [-0.25, -0.2) is 0 Å². The van der Waals surface area contributed by atoms with E-state index >= 15 is 0 Å². The second-order valence-corrected chi connectivity index (χ2v) is 9.11. The summed E-state index contributed by atoms with van der Waals surface area (Å²) in [5.74, 6) is 1.92. The number of ether oxygens (including phenoxy) is 2. The fourth-order valence-electron chi connectivity index (χ4n) is 3.76. The number of rotatable bonds is 10. The summed E-state index contributed by atoms with van der Waals surface area (Å²) >= 11 is 0. The first-order valence-corrected chi connectivity index (χ1v) is 12.0. The highest BCUT2D eigenvalue weighted by Gasteiger charge is 2.40. The summed E-state index contributed by atoms with van der Waals surface area (Å²) in [6.45, 7) is 9.87. The van der Waals surface area contributed by atoms with Gasteiger partial charge in [0.2, 0.25) is 0 Å². The first-order valence-electron chi connectivity index (χ1n) is 12.0. The van der Waals surface area contributed by atoms with E-state index in [4.69, 9.17) is 9.47 Å². The highest BCUT2D eigenvalue weighted by atomic mass is 16.5. The Hall–Kier alpha value is -3.54. The minimum Gasteiger partial charge on any atom is -0.493 e. The molecular weight excluding hydrogens is 428 g/mol. The maximum atomic E-state index is 12.9. The molecule has 0 aliphatic carbocycles. The number of hydrogen-bond donors (Lipinski definition) is 2. The van der Waals surface area contributed by atoms with Crippen molar-refractivity contribution in [2.45, 2.75) is 40.5 Å². The van der Waals surface area contributed by atoms with Crippen LogP contribution in [0.3, 0.4) is 0 Å². The van der Waals surface area contributed by atoms with Gasteiger partial charge in [0.25, 0.3) is 11.8 Å². The van der Waals surface area contributed by atoms with Crippen molar-refractivity contribution >= 4 is 23.2 Å². The van der Waals surface area contributed by atoms with Crippen LogP contribution >= 0.6 is 0 Å². The number of nitrogens with one attached hydrogen (secondary N) is 2. The van der Waals surface area contributed by atoms with Crippen molar-refractivity contribution in [3.63, 3.8) is 0 Å². The van der Waals surface area contributed by atoms with Crippen LogP contribution in [0.2, 0.25) is 0 Å². The van der Waals surface area contributed by atoms with Crippen LogP contribution in [0.15, 0.2) is 59.7 Å². The van der Waals surface area contributed by atoms with E-state index in [0.717, 1.165) is 35.5 Å². The predicted octanol–water partition coefficient (Wildman–Crippen LogP) is 4.92. The molecule has 2 atom stereocenters. The third-order valence-electron chi connectivity index (χ3n) is 6.43. The average Bonchev–Trinajstić information content (AvgIpc) is 3.39. The molecule has 178 valence electrons. The third kappa shape index (κ3) is 4.86. The second kappa shape index (κ2) is 10.2. The molecule has 6 heteroatoms. The molecule has 34 heavy (non-hydrogen) atoms. The van der Waals surface area contributed by atoms with Crippen molar-refractivity contribution < 1.29 is 19.1 Å². The Balaban J connectivity index is 1.57. The molecule has 0 bridgehead atoms. The minimum atomic E-state index is -0.285. The zero-order valence-corrected chi connectivity index (χ0v) is 20.2. The van der Waals surface area contributed by atoms with Gasteiger partial charge in [-0.1, -0.05) is 40.5 Å². The lowest BCUT2D eigenvalue weighted by Gasteiger charge is -2.12. The fourth-order valence-corrected chi connectivity index (χ4v) is 3.76. The predicted molar refractivity (Wildman–Crippen MR) is 133 cm³/mol. The number of amides is 2. The van der Waals surface area contributed by atoms with Crippen LogP contribution in [0.1, 0.15) is 51.7 Å². The Morgan fingerprint density at radius 3 is 1.32 bits per heavy atom. The molecule has 0 saturated carbocycles. The van der Waals surface area contributed by atoms with E-state index in [0.29, 0.717) is 47.6 Å². The quantitative estimate of drug-likeness (QED) is 0.528. The van der Waals surface area contributed by atoms with Gasteiger partial charge in [-0.05, 0) is 71.5 Å². The van der Waals surface area contributed by atoms with E-state index in [1.165, 1.54) is 0 Å². The van der Waals surface area contributed by atoms with Crippen LogP contribution in [0.4, 0.5) is 0 Å². The second-order valence-electron chi connectivity index (χ2n) is 9.11. The van der Waals surface area contributed by atoms with Crippen molar-refractivity contribution in [1.29, 1.82) is 0 Å². The van der Waals surface area contributed by atoms with Gasteiger partial charge in [0.15, 0.2) is 0 Å². The monoisotopic (exact) mass is 460 g/mol. The Morgan fingerprint density at radius 1 is 0.647 bits per heavy atom. The summed E-state index contributed by atoms with van der Waals surface area (Å²) in [5.41, 5.74) is 3.33. The molecular formula is C28H32N2O4. The van der Waals surface area contributed by atoms with E-state index in [1.807, 2.05) is 48.5 Å². The summed E-state index contributed by atoms with van der Waals surface area (Å²) in [5, 5.41) is 5.78. The smallest absolute Gasteiger partial charge is 0.258 e. The number of fused-ring (bicyclic) bond motifs is 1. The lowest BCUT2D eigenvalue weighted by atomic mass is 10.0. The molecule has 2 unspecified atom stereocenters. The lowest BCUT2D eigenvalue weighted by Crippen LogP contribution is -2.21. The van der Waals surface area contributed by atoms with Crippen LogP contribution in [-0.4, -0.2) is 25.0 Å². The molecule has 4 rings (SSSR count). The Labute approximate surface area is 201 Å². The molecule has 2 aliphatic rings. The Morgan fingerprint density at radius 2 is 1.00 bits per heavy atom. The Kier molecular flexibility index (Phi) is 7.06. The van der Waals surface area contributed by atoms with Gasteiger partial charge in [-0.3, -0.25) is 9.59 Å². The third-order valence-corrected chi connectivity index (χ3v) is 6.43. The van der Waals surface area contributed by atoms with Gasteiger partial charge in [0, 0.05) is 0 Å². The van der Waals surface area contributed by atoms with E-state index in [9.17, 15) is 9.59 Å². The standard InChI is InChI=1S/C28H32N2O4/c1-5-17(3)15-33-21-11-7-19(8-12-21)25-23-24(28(32)29-25)26(30-27(23)31)20-9-13-22(14-10-20)34-16-18(4)6-2/h7-14,17-18H,5-6,15-16H2,1-4H3,(H,29,32)(H,30,31). The van der Waals surface area contributed by atoms with Gasteiger partial charge in [-0.2, -0.15) is 0 Å². The molecule has 2 heterocycles. The van der Waals surface area contributed by atoms with E-state index < -0.39 is 0 Å². The highest BCUT2D eigenvalue weighted by molar-refractivity contribution is 6.30. The summed E-state index contributed by atoms with van der Waals surface area (Å²) in [6.07, 6.45) is 2.11. The molecule has 2 aromatic rings. The maximum Gasteiger partial charge on any atom is 0.258 e. The van der Waals surface area contributed by atoms with Crippen molar-refractivity contribution in [2.24, 2.45) is 11.8 Å². The molecule has 2 amide bonds.